The van der Waals surface area contributed by atoms with Crippen molar-refractivity contribution in [3.05, 3.63) is 83.4 Å². The summed E-state index contributed by atoms with van der Waals surface area (Å²) in [5.74, 6) is -0.262. The molecule has 0 radical (unpaired) electrons. The van der Waals surface area contributed by atoms with Crippen LogP contribution in [0.5, 0.6) is 23.0 Å². The normalized spacial score (nSPS) is 16.7. The molecule has 1 aliphatic heterocycles. The van der Waals surface area contributed by atoms with Gasteiger partial charge in [0.25, 0.3) is 11.7 Å². The number of carbonyl (C=O) groups is 2. The highest BCUT2D eigenvalue weighted by atomic mass is 16.5. The van der Waals surface area contributed by atoms with Crippen molar-refractivity contribution in [2.75, 3.05) is 32.8 Å². The van der Waals surface area contributed by atoms with Crippen LogP contribution in [-0.2, 0) is 9.59 Å². The molecule has 1 atom stereocenters. The summed E-state index contributed by atoms with van der Waals surface area (Å²) in [5.41, 5.74) is 1.14. The van der Waals surface area contributed by atoms with Crippen LogP contribution in [0.25, 0.3) is 5.76 Å². The Labute approximate surface area is 209 Å². The molecule has 3 aromatic carbocycles. The number of aliphatic hydroxyl groups is 1. The van der Waals surface area contributed by atoms with Crippen LogP contribution in [0.2, 0.25) is 0 Å². The maximum atomic E-state index is 13.5. The van der Waals surface area contributed by atoms with Crippen molar-refractivity contribution in [3.8, 4) is 23.0 Å². The van der Waals surface area contributed by atoms with Crippen LogP contribution in [0.15, 0.2) is 72.3 Å². The average molecular weight is 490 g/mol. The molecule has 4 rings (SSSR count). The van der Waals surface area contributed by atoms with E-state index in [1.807, 2.05) is 6.92 Å². The molecule has 0 spiro atoms. The minimum atomic E-state index is -0.976. The van der Waals surface area contributed by atoms with E-state index in [2.05, 4.69) is 0 Å². The van der Waals surface area contributed by atoms with Crippen LogP contribution in [0.1, 0.15) is 24.1 Å². The van der Waals surface area contributed by atoms with Crippen molar-refractivity contribution in [3.63, 3.8) is 0 Å². The summed E-state index contributed by atoms with van der Waals surface area (Å²) in [6.07, 6.45) is 0. The molecule has 36 heavy (non-hydrogen) atoms. The Balaban J connectivity index is 2.01. The van der Waals surface area contributed by atoms with Gasteiger partial charge in [-0.25, -0.2) is 0 Å². The summed E-state index contributed by atoms with van der Waals surface area (Å²) in [5, 5.41) is 11.4. The van der Waals surface area contributed by atoms with Gasteiger partial charge in [-0.15, -0.1) is 0 Å². The fraction of sp³-hybridized carbons (Fsp3) is 0.214. The van der Waals surface area contributed by atoms with Crippen LogP contribution >= 0.6 is 0 Å². The number of carbonyl (C=O) groups excluding carboxylic acids is 2. The molecule has 0 aliphatic carbocycles. The molecule has 186 valence electrons. The number of Topliss-reactive ketones (excluding diaryl/α,β-unsaturated/α-hetero) is 1. The van der Waals surface area contributed by atoms with Gasteiger partial charge < -0.3 is 24.1 Å². The molecule has 1 amide bonds. The Morgan fingerprint density at radius 3 is 2.14 bits per heavy atom. The van der Waals surface area contributed by atoms with Gasteiger partial charge in [0, 0.05) is 0 Å². The average Bonchev–Trinajstić information content (AvgIpc) is 3.18. The van der Waals surface area contributed by atoms with Crippen LogP contribution in [-0.4, -0.2) is 44.7 Å². The molecule has 1 N–H and O–H groups in total. The molecule has 8 nitrogen and oxygen atoms in total. The van der Waals surface area contributed by atoms with E-state index in [4.69, 9.17) is 18.9 Å². The predicted molar refractivity (Wildman–Crippen MR) is 135 cm³/mol. The first-order chi connectivity index (χ1) is 17.5. The molecular formula is C28H27NO7. The van der Waals surface area contributed by atoms with Gasteiger partial charge in [0.05, 0.1) is 50.8 Å². The van der Waals surface area contributed by atoms with E-state index in [1.54, 1.807) is 66.7 Å². The van der Waals surface area contributed by atoms with E-state index in [9.17, 15) is 14.7 Å². The lowest BCUT2D eigenvalue weighted by molar-refractivity contribution is -0.132. The number of methoxy groups -OCH3 is 3. The number of hydrogen-bond acceptors (Lipinski definition) is 7. The van der Waals surface area contributed by atoms with Gasteiger partial charge in [-0.2, -0.15) is 0 Å². The van der Waals surface area contributed by atoms with Gasteiger partial charge in [0.2, 0.25) is 0 Å². The summed E-state index contributed by atoms with van der Waals surface area (Å²) < 4.78 is 22.0. The molecule has 1 fully saturated rings. The fourth-order valence-corrected chi connectivity index (χ4v) is 4.34. The highest BCUT2D eigenvalue weighted by molar-refractivity contribution is 6.52. The summed E-state index contributed by atoms with van der Waals surface area (Å²) in [6.45, 7) is 2.22. The summed E-state index contributed by atoms with van der Waals surface area (Å²) >= 11 is 0. The second-order valence-electron chi connectivity index (χ2n) is 7.88. The van der Waals surface area contributed by atoms with Gasteiger partial charge in [-0.05, 0) is 48.9 Å². The highest BCUT2D eigenvalue weighted by Gasteiger charge is 2.48. The van der Waals surface area contributed by atoms with E-state index in [0.717, 1.165) is 0 Å². The lowest BCUT2D eigenvalue weighted by Crippen LogP contribution is -2.29. The van der Waals surface area contributed by atoms with Gasteiger partial charge in [-0.1, -0.05) is 30.3 Å². The third kappa shape index (κ3) is 4.22. The van der Waals surface area contributed by atoms with Crippen LogP contribution < -0.4 is 23.8 Å². The smallest absolute Gasteiger partial charge is 0.300 e. The summed E-state index contributed by atoms with van der Waals surface area (Å²) in [7, 11) is 4.48. The third-order valence-electron chi connectivity index (χ3n) is 5.95. The quantitative estimate of drug-likeness (QED) is 0.278. The third-order valence-corrected chi connectivity index (χ3v) is 5.95. The van der Waals surface area contributed by atoms with Gasteiger partial charge >= 0.3 is 0 Å². The number of hydrogen-bond donors (Lipinski definition) is 1. The van der Waals surface area contributed by atoms with Gasteiger partial charge in [0.15, 0.2) is 11.5 Å². The monoisotopic (exact) mass is 489 g/mol. The van der Waals surface area contributed by atoms with Crippen LogP contribution in [0.3, 0.4) is 0 Å². The van der Waals surface area contributed by atoms with E-state index < -0.39 is 17.7 Å². The molecule has 3 aromatic rings. The van der Waals surface area contributed by atoms with E-state index in [0.29, 0.717) is 46.4 Å². The number of ether oxygens (including phenoxy) is 4. The first kappa shape index (κ1) is 24.7. The predicted octanol–water partition coefficient (Wildman–Crippen LogP) is 4.74. The van der Waals surface area contributed by atoms with Crippen molar-refractivity contribution in [2.45, 2.75) is 13.0 Å². The zero-order valence-electron chi connectivity index (χ0n) is 20.5. The van der Waals surface area contributed by atoms with Gasteiger partial charge in [-0.3, -0.25) is 14.5 Å². The van der Waals surface area contributed by atoms with E-state index in [1.165, 1.54) is 26.2 Å². The molecule has 8 heteroatoms. The highest BCUT2D eigenvalue weighted by Crippen LogP contribution is 2.47. The van der Waals surface area contributed by atoms with Crippen molar-refractivity contribution >= 4 is 23.1 Å². The summed E-state index contributed by atoms with van der Waals surface area (Å²) in [4.78, 5) is 28.3. The van der Waals surface area contributed by atoms with Crippen molar-refractivity contribution in [2.24, 2.45) is 0 Å². The molecule has 1 heterocycles. The molecule has 1 unspecified atom stereocenters. The van der Waals surface area contributed by atoms with Crippen molar-refractivity contribution in [1.82, 2.24) is 0 Å². The molecule has 1 saturated heterocycles. The number of nitrogens with zero attached hydrogens (tertiary/aromatic N) is 1. The van der Waals surface area contributed by atoms with Crippen molar-refractivity contribution < 1.29 is 33.6 Å². The Hall–Kier alpha value is -4.46. The fourth-order valence-electron chi connectivity index (χ4n) is 4.34. The molecule has 1 aliphatic rings. The molecule has 0 aromatic heterocycles. The Morgan fingerprint density at radius 2 is 1.47 bits per heavy atom. The standard InChI is InChI=1S/C28H27NO7/c1-5-36-23-16-17(14-15-22(23)35-4)25-24(26(30)18-10-6-8-12-20(18)33-2)27(31)28(32)29(25)19-11-7-9-13-21(19)34-3/h6-16,25,30H,5H2,1-4H3/b26-24-. The number of ketones is 1. The number of para-hydroxylation sites is 3. The van der Waals surface area contributed by atoms with Gasteiger partial charge in [0.1, 0.15) is 17.3 Å². The van der Waals surface area contributed by atoms with Crippen LogP contribution in [0.4, 0.5) is 5.69 Å². The minimum Gasteiger partial charge on any atom is -0.507 e. The maximum absolute atomic E-state index is 13.5. The zero-order valence-corrected chi connectivity index (χ0v) is 20.5. The molecular weight excluding hydrogens is 462 g/mol. The lowest BCUT2D eigenvalue weighted by Gasteiger charge is -2.27. The molecule has 0 bridgehead atoms. The molecule has 0 saturated carbocycles. The Bertz CT molecular complexity index is 1330. The largest absolute Gasteiger partial charge is 0.507 e. The first-order valence-corrected chi connectivity index (χ1v) is 11.3. The number of anilines is 1. The topological polar surface area (TPSA) is 94.5 Å². The number of rotatable bonds is 8. The Kier molecular flexibility index (Phi) is 7.15. The maximum Gasteiger partial charge on any atom is 0.300 e. The van der Waals surface area contributed by atoms with E-state index in [-0.39, 0.29) is 11.3 Å². The number of benzene rings is 3. The lowest BCUT2D eigenvalue weighted by atomic mass is 9.94. The Morgan fingerprint density at radius 1 is 0.833 bits per heavy atom. The minimum absolute atomic E-state index is 0.0805. The second-order valence-corrected chi connectivity index (χ2v) is 7.88. The second kappa shape index (κ2) is 10.4. The van der Waals surface area contributed by atoms with E-state index >= 15 is 0 Å². The first-order valence-electron chi connectivity index (χ1n) is 11.3. The van der Waals surface area contributed by atoms with Crippen molar-refractivity contribution in [1.29, 1.82) is 0 Å². The number of amides is 1. The SMILES string of the molecule is CCOc1cc(C2/C(=C(/O)c3ccccc3OC)C(=O)C(=O)N2c2ccccc2OC)ccc1OC. The number of aliphatic hydroxyl groups excluding tert-OH is 1. The zero-order chi connectivity index (χ0) is 25.8. The van der Waals surface area contributed by atoms with Crippen LogP contribution in [0, 0.1) is 0 Å². The summed E-state index contributed by atoms with van der Waals surface area (Å²) in [6, 6.07) is 17.8.